The number of hydrogen-bond donors (Lipinski definition) is 0. The molecule has 1 fully saturated rings. The van der Waals surface area contributed by atoms with Gasteiger partial charge in [-0.1, -0.05) is 12.1 Å². The largest absolute Gasteiger partial charge is 0.491 e. The summed E-state index contributed by atoms with van der Waals surface area (Å²) in [7, 11) is 4.03. The number of hydrogen-bond acceptors (Lipinski definition) is 3. The van der Waals surface area contributed by atoms with E-state index < -0.39 is 0 Å². The third-order valence-corrected chi connectivity index (χ3v) is 4.23. The predicted molar refractivity (Wildman–Crippen MR) is 94.5 cm³/mol. The van der Waals surface area contributed by atoms with Crippen LogP contribution in [-0.2, 0) is 4.79 Å². The summed E-state index contributed by atoms with van der Waals surface area (Å²) >= 11 is 0. The van der Waals surface area contributed by atoms with E-state index in [1.807, 2.05) is 56.1 Å². The van der Waals surface area contributed by atoms with Crippen LogP contribution in [0.5, 0.6) is 5.75 Å². The van der Waals surface area contributed by atoms with Crippen molar-refractivity contribution < 1.29 is 9.53 Å². The Morgan fingerprint density at radius 3 is 2.70 bits per heavy atom. The molecule has 0 aromatic heterocycles. The minimum atomic E-state index is 0.0646. The third-order valence-electron chi connectivity index (χ3n) is 4.23. The minimum Gasteiger partial charge on any atom is -0.491 e. The molecule has 4 heteroatoms. The van der Waals surface area contributed by atoms with E-state index in [9.17, 15) is 4.79 Å². The first-order valence-corrected chi connectivity index (χ1v) is 8.36. The van der Waals surface area contributed by atoms with Gasteiger partial charge in [0.25, 0.3) is 0 Å². The number of carbonyl (C=O) groups excluding carboxylic acids is 1. The Morgan fingerprint density at radius 2 is 2.04 bits per heavy atom. The highest BCUT2D eigenvalue weighted by molar-refractivity contribution is 5.91. The predicted octanol–water partition coefficient (Wildman–Crippen LogP) is 3.04. The summed E-state index contributed by atoms with van der Waals surface area (Å²) in [4.78, 5) is 16.5. The second kappa shape index (κ2) is 8.16. The molecule has 0 aliphatic carbocycles. The van der Waals surface area contributed by atoms with Gasteiger partial charge in [0.15, 0.2) is 0 Å². The standard InChI is InChI=1S/C19H28N2O2/c1-15(2)23-18-7-5-6-16(14-18)8-9-19(22)21(4)17-10-12-20(3)13-11-17/h5-9,14-15,17H,10-13H2,1-4H3/b9-8+. The first-order chi connectivity index (χ1) is 11.0. The summed E-state index contributed by atoms with van der Waals surface area (Å²) < 4.78 is 5.68. The number of nitrogens with zero attached hydrogens (tertiary/aromatic N) is 2. The zero-order valence-electron chi connectivity index (χ0n) is 14.7. The Hall–Kier alpha value is -1.81. The zero-order chi connectivity index (χ0) is 16.8. The van der Waals surface area contributed by atoms with Gasteiger partial charge in [-0.2, -0.15) is 0 Å². The van der Waals surface area contributed by atoms with Crippen molar-refractivity contribution in [1.29, 1.82) is 0 Å². The van der Waals surface area contributed by atoms with Crippen molar-refractivity contribution in [3.63, 3.8) is 0 Å². The second-order valence-corrected chi connectivity index (χ2v) is 6.56. The van der Waals surface area contributed by atoms with Gasteiger partial charge in [-0.15, -0.1) is 0 Å². The summed E-state index contributed by atoms with van der Waals surface area (Å²) in [6.07, 6.45) is 5.76. The number of ether oxygens (including phenoxy) is 1. The molecule has 1 aliphatic rings. The van der Waals surface area contributed by atoms with Crippen LogP contribution in [-0.4, -0.2) is 55.0 Å². The highest BCUT2D eigenvalue weighted by atomic mass is 16.5. The monoisotopic (exact) mass is 316 g/mol. The van der Waals surface area contributed by atoms with Crippen molar-refractivity contribution in [3.8, 4) is 5.75 Å². The highest BCUT2D eigenvalue weighted by Gasteiger charge is 2.22. The van der Waals surface area contributed by atoms with Gasteiger partial charge in [0.1, 0.15) is 5.75 Å². The molecule has 23 heavy (non-hydrogen) atoms. The van der Waals surface area contributed by atoms with Crippen molar-refractivity contribution in [3.05, 3.63) is 35.9 Å². The molecule has 0 saturated carbocycles. The number of rotatable bonds is 5. The number of likely N-dealkylation sites (tertiary alicyclic amines) is 1. The highest BCUT2D eigenvalue weighted by Crippen LogP contribution is 2.17. The van der Waals surface area contributed by atoms with Crippen LogP contribution >= 0.6 is 0 Å². The summed E-state index contributed by atoms with van der Waals surface area (Å²) in [6, 6.07) is 8.16. The molecule has 0 atom stereocenters. The van der Waals surface area contributed by atoms with Crippen LogP contribution in [0.1, 0.15) is 32.3 Å². The molecular weight excluding hydrogens is 288 g/mol. The van der Waals surface area contributed by atoms with E-state index in [1.165, 1.54) is 0 Å². The topological polar surface area (TPSA) is 32.8 Å². The normalized spacial score (nSPS) is 16.9. The first kappa shape index (κ1) is 17.5. The molecule has 1 heterocycles. The van der Waals surface area contributed by atoms with E-state index in [-0.39, 0.29) is 12.0 Å². The molecule has 0 unspecified atom stereocenters. The molecule has 1 aliphatic heterocycles. The Balaban J connectivity index is 1.95. The van der Waals surface area contributed by atoms with Crippen molar-refractivity contribution in [2.75, 3.05) is 27.2 Å². The van der Waals surface area contributed by atoms with E-state index in [2.05, 4.69) is 11.9 Å². The quantitative estimate of drug-likeness (QED) is 0.783. The molecule has 0 radical (unpaired) electrons. The number of piperidine rings is 1. The Bertz CT molecular complexity index is 546. The van der Waals surface area contributed by atoms with Crippen LogP contribution < -0.4 is 4.74 Å². The maximum atomic E-state index is 12.4. The maximum absolute atomic E-state index is 12.4. The second-order valence-electron chi connectivity index (χ2n) is 6.56. The van der Waals surface area contributed by atoms with Gasteiger partial charge in [-0.3, -0.25) is 4.79 Å². The molecule has 1 aromatic carbocycles. The zero-order valence-corrected chi connectivity index (χ0v) is 14.7. The molecule has 2 rings (SSSR count). The molecule has 1 saturated heterocycles. The van der Waals surface area contributed by atoms with E-state index in [4.69, 9.17) is 4.74 Å². The van der Waals surface area contributed by atoms with Crippen LogP contribution in [0.15, 0.2) is 30.3 Å². The van der Waals surface area contributed by atoms with Crippen LogP contribution in [0.4, 0.5) is 0 Å². The third kappa shape index (κ3) is 5.39. The lowest BCUT2D eigenvalue weighted by Crippen LogP contribution is -2.43. The van der Waals surface area contributed by atoms with Crippen LogP contribution in [0.2, 0.25) is 0 Å². The van der Waals surface area contributed by atoms with E-state index >= 15 is 0 Å². The van der Waals surface area contributed by atoms with Gasteiger partial charge in [-0.25, -0.2) is 0 Å². The van der Waals surface area contributed by atoms with Crippen molar-refractivity contribution in [1.82, 2.24) is 9.80 Å². The first-order valence-electron chi connectivity index (χ1n) is 8.36. The molecule has 126 valence electrons. The molecule has 1 amide bonds. The van der Waals surface area contributed by atoms with Gasteiger partial charge in [0, 0.05) is 19.2 Å². The number of likely N-dealkylation sites (N-methyl/N-ethyl adjacent to an activating group) is 1. The van der Waals surface area contributed by atoms with Crippen molar-refractivity contribution in [2.24, 2.45) is 0 Å². The molecule has 0 bridgehead atoms. The van der Waals surface area contributed by atoms with Gasteiger partial charge in [0.05, 0.1) is 6.10 Å². The fourth-order valence-electron chi connectivity index (χ4n) is 2.81. The summed E-state index contributed by atoms with van der Waals surface area (Å²) in [6.45, 7) is 6.12. The average Bonchev–Trinajstić information content (AvgIpc) is 2.52. The van der Waals surface area contributed by atoms with E-state index in [1.54, 1.807) is 6.08 Å². The maximum Gasteiger partial charge on any atom is 0.246 e. The molecule has 4 nitrogen and oxygen atoms in total. The van der Waals surface area contributed by atoms with E-state index in [0.717, 1.165) is 37.2 Å². The Labute approximate surface area is 139 Å². The molecule has 1 aromatic rings. The van der Waals surface area contributed by atoms with Crippen LogP contribution in [0.25, 0.3) is 6.08 Å². The summed E-state index contributed by atoms with van der Waals surface area (Å²) in [5.41, 5.74) is 0.980. The summed E-state index contributed by atoms with van der Waals surface area (Å²) in [5.74, 6) is 0.896. The Kier molecular flexibility index (Phi) is 6.22. The van der Waals surface area contributed by atoms with Gasteiger partial charge in [-0.05, 0) is 70.6 Å². The lowest BCUT2D eigenvalue weighted by Gasteiger charge is -2.34. The van der Waals surface area contributed by atoms with Gasteiger partial charge >= 0.3 is 0 Å². The molecule has 0 N–H and O–H groups in total. The number of amides is 1. The van der Waals surface area contributed by atoms with E-state index in [0.29, 0.717) is 6.04 Å². The smallest absolute Gasteiger partial charge is 0.246 e. The summed E-state index contributed by atoms with van der Waals surface area (Å²) in [5, 5.41) is 0. The lowest BCUT2D eigenvalue weighted by atomic mass is 10.0. The molecular formula is C19H28N2O2. The van der Waals surface area contributed by atoms with Crippen LogP contribution in [0, 0.1) is 0 Å². The number of benzene rings is 1. The fourth-order valence-corrected chi connectivity index (χ4v) is 2.81. The lowest BCUT2D eigenvalue weighted by molar-refractivity contribution is -0.127. The molecule has 0 spiro atoms. The van der Waals surface area contributed by atoms with Gasteiger partial charge < -0.3 is 14.5 Å². The van der Waals surface area contributed by atoms with Crippen molar-refractivity contribution >= 4 is 12.0 Å². The van der Waals surface area contributed by atoms with Gasteiger partial charge in [0.2, 0.25) is 5.91 Å². The van der Waals surface area contributed by atoms with Crippen LogP contribution in [0.3, 0.4) is 0 Å². The Morgan fingerprint density at radius 1 is 1.35 bits per heavy atom. The fraction of sp³-hybridized carbons (Fsp3) is 0.526. The number of carbonyl (C=O) groups is 1. The average molecular weight is 316 g/mol. The van der Waals surface area contributed by atoms with Crippen molar-refractivity contribution in [2.45, 2.75) is 38.8 Å². The minimum absolute atomic E-state index is 0.0646. The SMILES string of the molecule is CC(C)Oc1cccc(/C=C/C(=O)N(C)C2CCN(C)CC2)c1.